The zero-order chi connectivity index (χ0) is 17.2. The molecule has 5 rings (SSSR count). The van der Waals surface area contributed by atoms with Crippen molar-refractivity contribution >= 4 is 17.3 Å². The molecule has 1 aromatic carbocycles. The molecule has 0 fully saturated rings. The number of hydrogen-bond donors (Lipinski definition) is 0. The van der Waals surface area contributed by atoms with Crippen molar-refractivity contribution in [1.29, 1.82) is 0 Å². The standard InChI is InChI=1S/C20H15NO4/c22-15-9-5-8-14-17(15)20(25-16-10-3-4-11-21(14)16)18(23)12-6-1-2-7-13(12)19(20)24/h1-4,6-7,10-11,16H,5,8-9H2. The molecule has 0 amide bonds. The van der Waals surface area contributed by atoms with Gasteiger partial charge in [0.25, 0.3) is 0 Å². The summed E-state index contributed by atoms with van der Waals surface area (Å²) in [6.07, 6.45) is 8.45. The number of fused-ring (bicyclic) bond motifs is 4. The minimum Gasteiger partial charge on any atom is -0.326 e. The van der Waals surface area contributed by atoms with Gasteiger partial charge in [0.05, 0.1) is 5.57 Å². The number of rotatable bonds is 0. The minimum absolute atomic E-state index is 0.169. The number of ether oxygens (including phenoxy) is 1. The summed E-state index contributed by atoms with van der Waals surface area (Å²) < 4.78 is 6.10. The van der Waals surface area contributed by atoms with Crippen LogP contribution in [-0.2, 0) is 9.53 Å². The fourth-order valence-corrected chi connectivity index (χ4v) is 4.24. The van der Waals surface area contributed by atoms with E-state index in [1.807, 2.05) is 23.3 Å². The Kier molecular flexibility index (Phi) is 2.83. The molecule has 4 aliphatic rings. The zero-order valence-electron chi connectivity index (χ0n) is 13.4. The molecule has 0 saturated heterocycles. The summed E-state index contributed by atoms with van der Waals surface area (Å²) in [4.78, 5) is 41.2. The van der Waals surface area contributed by atoms with Crippen LogP contribution in [0.5, 0.6) is 0 Å². The van der Waals surface area contributed by atoms with Crippen LogP contribution < -0.4 is 0 Å². The first-order chi connectivity index (χ1) is 12.1. The van der Waals surface area contributed by atoms with Gasteiger partial charge in [-0.05, 0) is 25.0 Å². The Morgan fingerprint density at radius 1 is 1.00 bits per heavy atom. The van der Waals surface area contributed by atoms with Crippen molar-refractivity contribution in [3.63, 3.8) is 0 Å². The van der Waals surface area contributed by atoms with E-state index in [4.69, 9.17) is 4.74 Å². The summed E-state index contributed by atoms with van der Waals surface area (Å²) in [7, 11) is 0. The van der Waals surface area contributed by atoms with Gasteiger partial charge in [0.15, 0.2) is 12.0 Å². The number of carbonyl (C=O) groups excluding carboxylic acids is 3. The summed E-state index contributed by atoms with van der Waals surface area (Å²) in [6.45, 7) is 0. The molecule has 1 spiro atoms. The fourth-order valence-electron chi connectivity index (χ4n) is 4.24. The van der Waals surface area contributed by atoms with E-state index in [1.165, 1.54) is 0 Å². The van der Waals surface area contributed by atoms with Gasteiger partial charge < -0.3 is 9.64 Å². The molecule has 2 aliphatic heterocycles. The van der Waals surface area contributed by atoms with Crippen molar-refractivity contribution in [2.75, 3.05) is 0 Å². The van der Waals surface area contributed by atoms with Crippen LogP contribution in [0.4, 0.5) is 0 Å². The average molecular weight is 333 g/mol. The summed E-state index contributed by atoms with van der Waals surface area (Å²) in [5, 5.41) is 0. The molecule has 25 heavy (non-hydrogen) atoms. The molecule has 5 nitrogen and oxygen atoms in total. The lowest BCUT2D eigenvalue weighted by atomic mass is 9.77. The van der Waals surface area contributed by atoms with Gasteiger partial charge in [0.2, 0.25) is 17.2 Å². The second kappa shape index (κ2) is 4.86. The van der Waals surface area contributed by atoms with Crippen LogP contribution in [0.15, 0.2) is 60.0 Å². The predicted octanol–water partition coefficient (Wildman–Crippen LogP) is 2.55. The maximum atomic E-state index is 13.3. The molecule has 1 unspecified atom stereocenters. The van der Waals surface area contributed by atoms with Gasteiger partial charge in [0.1, 0.15) is 0 Å². The largest absolute Gasteiger partial charge is 0.326 e. The summed E-state index contributed by atoms with van der Waals surface area (Å²) in [6, 6.07) is 6.70. The first-order valence-corrected chi connectivity index (χ1v) is 8.41. The van der Waals surface area contributed by atoms with Gasteiger partial charge in [-0.15, -0.1) is 0 Å². The molecule has 0 aromatic heterocycles. The number of allylic oxidation sites excluding steroid dienone is 3. The van der Waals surface area contributed by atoms with E-state index < -0.39 is 23.4 Å². The highest BCUT2D eigenvalue weighted by Gasteiger charge is 2.63. The van der Waals surface area contributed by atoms with Crippen molar-refractivity contribution in [2.45, 2.75) is 31.1 Å². The van der Waals surface area contributed by atoms with Crippen molar-refractivity contribution < 1.29 is 19.1 Å². The quantitative estimate of drug-likeness (QED) is 0.683. The minimum atomic E-state index is -1.83. The number of ketones is 3. The van der Waals surface area contributed by atoms with Crippen molar-refractivity contribution in [2.24, 2.45) is 0 Å². The van der Waals surface area contributed by atoms with E-state index >= 15 is 0 Å². The van der Waals surface area contributed by atoms with E-state index in [9.17, 15) is 14.4 Å². The van der Waals surface area contributed by atoms with E-state index in [1.54, 1.807) is 30.3 Å². The third-order valence-electron chi connectivity index (χ3n) is 5.31. The van der Waals surface area contributed by atoms with Gasteiger partial charge >= 0.3 is 0 Å². The molecule has 124 valence electrons. The van der Waals surface area contributed by atoms with Crippen LogP contribution in [-0.4, -0.2) is 34.1 Å². The summed E-state index contributed by atoms with van der Waals surface area (Å²) in [5.41, 5.74) is -0.181. The molecule has 0 N–H and O–H groups in total. The zero-order valence-corrected chi connectivity index (χ0v) is 13.4. The SMILES string of the molecule is O=C1CCCC2=C1C1(OC3C=CC=CN23)C(=O)c2ccccc2C1=O. The first-order valence-electron chi connectivity index (χ1n) is 8.41. The number of benzene rings is 1. The van der Waals surface area contributed by atoms with E-state index in [0.29, 0.717) is 30.4 Å². The molecule has 0 radical (unpaired) electrons. The van der Waals surface area contributed by atoms with Gasteiger partial charge in [-0.25, -0.2) is 0 Å². The van der Waals surface area contributed by atoms with Gasteiger partial charge in [-0.2, -0.15) is 0 Å². The fraction of sp³-hybridized carbons (Fsp3) is 0.250. The number of hydrogen-bond acceptors (Lipinski definition) is 5. The lowest BCUT2D eigenvalue weighted by molar-refractivity contribution is -0.124. The Morgan fingerprint density at radius 3 is 2.44 bits per heavy atom. The third-order valence-corrected chi connectivity index (χ3v) is 5.31. The maximum Gasteiger partial charge on any atom is 0.226 e. The Balaban J connectivity index is 1.80. The normalized spacial score (nSPS) is 26.2. The van der Waals surface area contributed by atoms with Crippen molar-refractivity contribution in [3.8, 4) is 0 Å². The van der Waals surface area contributed by atoms with Crippen LogP contribution in [0.1, 0.15) is 40.0 Å². The van der Waals surface area contributed by atoms with E-state index in [2.05, 4.69) is 0 Å². The van der Waals surface area contributed by atoms with E-state index in [-0.39, 0.29) is 11.4 Å². The van der Waals surface area contributed by atoms with Crippen LogP contribution >= 0.6 is 0 Å². The van der Waals surface area contributed by atoms with Gasteiger partial charge in [-0.3, -0.25) is 14.4 Å². The number of carbonyl (C=O) groups is 3. The highest BCUT2D eigenvalue weighted by Crippen LogP contribution is 2.48. The number of nitrogens with zero attached hydrogens (tertiary/aromatic N) is 1. The summed E-state index contributed by atoms with van der Waals surface area (Å²) >= 11 is 0. The molecular formula is C20H15NO4. The van der Waals surface area contributed by atoms with Crippen LogP contribution in [0.25, 0.3) is 0 Å². The highest BCUT2D eigenvalue weighted by molar-refractivity contribution is 6.37. The molecule has 1 atom stereocenters. The Labute approximate surface area is 144 Å². The summed E-state index contributed by atoms with van der Waals surface area (Å²) in [5.74, 6) is -1.01. The molecule has 5 heteroatoms. The smallest absolute Gasteiger partial charge is 0.226 e. The van der Waals surface area contributed by atoms with Gasteiger partial charge in [0, 0.05) is 29.4 Å². The Hall–Kier alpha value is -2.79. The molecule has 0 bridgehead atoms. The average Bonchev–Trinajstić information content (AvgIpc) is 2.85. The second-order valence-corrected chi connectivity index (χ2v) is 6.63. The maximum absolute atomic E-state index is 13.3. The van der Waals surface area contributed by atoms with Crippen molar-refractivity contribution in [1.82, 2.24) is 4.90 Å². The van der Waals surface area contributed by atoms with Crippen LogP contribution in [0.2, 0.25) is 0 Å². The lowest BCUT2D eigenvalue weighted by Crippen LogP contribution is -2.58. The molecule has 2 heterocycles. The number of Topliss-reactive ketones (excluding diaryl/α,β-unsaturated/α-hetero) is 3. The molecule has 0 saturated carbocycles. The topological polar surface area (TPSA) is 63.7 Å². The molecular weight excluding hydrogens is 318 g/mol. The monoisotopic (exact) mass is 333 g/mol. The first kappa shape index (κ1) is 14.5. The Morgan fingerprint density at radius 2 is 1.72 bits per heavy atom. The highest BCUT2D eigenvalue weighted by atomic mass is 16.5. The van der Waals surface area contributed by atoms with Crippen LogP contribution in [0.3, 0.4) is 0 Å². The van der Waals surface area contributed by atoms with Crippen molar-refractivity contribution in [3.05, 3.63) is 71.1 Å². The predicted molar refractivity (Wildman–Crippen MR) is 88.7 cm³/mol. The van der Waals surface area contributed by atoms with Crippen LogP contribution in [0, 0.1) is 0 Å². The lowest BCUT2D eigenvalue weighted by Gasteiger charge is -2.46. The molecule has 1 aromatic rings. The second-order valence-electron chi connectivity index (χ2n) is 6.63. The van der Waals surface area contributed by atoms with Gasteiger partial charge in [-0.1, -0.05) is 30.3 Å². The third kappa shape index (κ3) is 1.68. The Bertz CT molecular complexity index is 902. The molecule has 2 aliphatic carbocycles. The van der Waals surface area contributed by atoms with E-state index in [0.717, 1.165) is 5.70 Å².